The fraction of sp³-hybridized carbons (Fsp3) is 0.375. The molecule has 1 heterocycles. The van der Waals surface area contributed by atoms with Gasteiger partial charge in [-0.25, -0.2) is 0 Å². The van der Waals surface area contributed by atoms with Crippen LogP contribution in [0.25, 0.3) is 0 Å². The van der Waals surface area contributed by atoms with E-state index in [4.69, 9.17) is 4.74 Å². The van der Waals surface area contributed by atoms with Crippen LogP contribution in [0.1, 0.15) is 41.3 Å². The van der Waals surface area contributed by atoms with Gasteiger partial charge in [-0.2, -0.15) is 0 Å². The third-order valence-corrected chi connectivity index (χ3v) is 6.91. The molecule has 212 valence electrons. The van der Waals surface area contributed by atoms with Crippen molar-refractivity contribution >= 4 is 23.2 Å². The molecule has 40 heavy (non-hydrogen) atoms. The zero-order valence-corrected chi connectivity index (χ0v) is 23.1. The van der Waals surface area contributed by atoms with Gasteiger partial charge in [0.2, 0.25) is 5.91 Å². The third-order valence-electron chi connectivity index (χ3n) is 6.91. The molecule has 2 atom stereocenters. The minimum atomic E-state index is -0.824. The van der Waals surface area contributed by atoms with Crippen molar-refractivity contribution in [2.75, 3.05) is 43.0 Å². The van der Waals surface area contributed by atoms with Crippen molar-refractivity contribution in [1.82, 2.24) is 10.6 Å². The van der Waals surface area contributed by atoms with Crippen LogP contribution in [-0.2, 0) is 22.6 Å². The van der Waals surface area contributed by atoms with E-state index in [2.05, 4.69) is 16.0 Å². The number of nitrogens with zero attached hydrogens (tertiary/aromatic N) is 1. The number of aliphatic hydroxyl groups excluding tert-OH is 1. The fourth-order valence-corrected chi connectivity index (χ4v) is 4.83. The number of carbonyl (C=O) groups is 2. The predicted octanol–water partition coefficient (Wildman–Crippen LogP) is 3.75. The number of aliphatic hydroxyl groups is 1. The summed E-state index contributed by atoms with van der Waals surface area (Å²) < 4.78 is 5.72. The Kier molecular flexibility index (Phi) is 11.1. The number of anilines is 2. The van der Waals surface area contributed by atoms with Gasteiger partial charge < -0.3 is 30.7 Å². The lowest BCUT2D eigenvalue weighted by Crippen LogP contribution is -2.49. The smallest absolute Gasteiger partial charge is 0.251 e. The van der Waals surface area contributed by atoms with Crippen LogP contribution in [0.3, 0.4) is 0 Å². The minimum Gasteiger partial charge on any atom is -0.390 e. The predicted molar refractivity (Wildman–Crippen MR) is 159 cm³/mol. The normalized spacial score (nSPS) is 14.7. The number of benzene rings is 3. The van der Waals surface area contributed by atoms with Gasteiger partial charge in [0.1, 0.15) is 0 Å². The molecule has 1 fully saturated rings. The highest BCUT2D eigenvalue weighted by molar-refractivity contribution is 6.00. The number of ether oxygens (including phenoxy) is 1. The lowest BCUT2D eigenvalue weighted by molar-refractivity contribution is -0.117. The van der Waals surface area contributed by atoms with Crippen LogP contribution >= 0.6 is 0 Å². The van der Waals surface area contributed by atoms with Gasteiger partial charge >= 0.3 is 0 Å². The molecule has 8 heteroatoms. The minimum absolute atomic E-state index is 0.0659. The van der Waals surface area contributed by atoms with E-state index >= 15 is 0 Å². The number of hydrogen-bond acceptors (Lipinski definition) is 6. The molecule has 0 bridgehead atoms. The number of rotatable bonds is 15. The molecule has 4 N–H and O–H groups in total. The largest absolute Gasteiger partial charge is 0.390 e. The van der Waals surface area contributed by atoms with Gasteiger partial charge in [0, 0.05) is 49.5 Å². The van der Waals surface area contributed by atoms with Crippen LogP contribution in [0.15, 0.2) is 78.9 Å². The maximum absolute atomic E-state index is 13.5. The Hall–Kier alpha value is -3.72. The van der Waals surface area contributed by atoms with E-state index in [1.807, 2.05) is 73.7 Å². The van der Waals surface area contributed by atoms with Crippen molar-refractivity contribution in [2.45, 2.75) is 44.9 Å². The van der Waals surface area contributed by atoms with Crippen LogP contribution in [0.4, 0.5) is 11.4 Å². The Bertz CT molecular complexity index is 1220. The summed E-state index contributed by atoms with van der Waals surface area (Å²) in [5.74, 6) is -0.227. The van der Waals surface area contributed by atoms with Crippen LogP contribution < -0.4 is 20.9 Å². The Balaban J connectivity index is 1.39. The SMILES string of the molecule is CCNc1cc(C(=O)N[C@@H](Cc2ccccc2)[C@@H](O)CNCCOCc2ccccc2)cc(N2CCCC2=O)c1. The average Bonchev–Trinajstić information content (AvgIpc) is 3.41. The molecule has 2 amide bonds. The van der Waals surface area contributed by atoms with Crippen LogP contribution in [0, 0.1) is 0 Å². The first-order valence-corrected chi connectivity index (χ1v) is 14.1. The summed E-state index contributed by atoms with van der Waals surface area (Å²) in [6.07, 6.45) is 0.976. The third kappa shape index (κ3) is 8.64. The van der Waals surface area contributed by atoms with Gasteiger partial charge in [0.05, 0.1) is 25.4 Å². The second kappa shape index (κ2) is 15.2. The molecule has 0 saturated carbocycles. The van der Waals surface area contributed by atoms with Crippen LogP contribution in [0.5, 0.6) is 0 Å². The summed E-state index contributed by atoms with van der Waals surface area (Å²) in [5.41, 5.74) is 4.07. The number of amides is 2. The molecule has 1 aliphatic heterocycles. The first kappa shape index (κ1) is 29.3. The summed E-state index contributed by atoms with van der Waals surface area (Å²) in [5, 5.41) is 20.7. The van der Waals surface area contributed by atoms with Crippen molar-refractivity contribution in [3.8, 4) is 0 Å². The van der Waals surface area contributed by atoms with E-state index in [1.54, 1.807) is 17.0 Å². The highest BCUT2D eigenvalue weighted by Crippen LogP contribution is 2.27. The quantitative estimate of drug-likeness (QED) is 0.217. The molecule has 0 aliphatic carbocycles. The topological polar surface area (TPSA) is 103 Å². The highest BCUT2D eigenvalue weighted by Gasteiger charge is 2.25. The van der Waals surface area contributed by atoms with Crippen LogP contribution in [0.2, 0.25) is 0 Å². The van der Waals surface area contributed by atoms with Crippen molar-refractivity contribution in [2.24, 2.45) is 0 Å². The monoisotopic (exact) mass is 544 g/mol. The first-order valence-electron chi connectivity index (χ1n) is 14.1. The molecule has 4 rings (SSSR count). The summed E-state index contributed by atoms with van der Waals surface area (Å²) in [7, 11) is 0. The number of carbonyl (C=O) groups excluding carboxylic acids is 2. The molecular weight excluding hydrogens is 504 g/mol. The Morgan fingerprint density at radius 2 is 1.75 bits per heavy atom. The standard InChI is InChI=1S/C32H40N4O4/c1-2-34-27-19-26(20-28(21-27)36-16-9-14-31(36)38)32(39)35-29(18-24-10-5-3-6-11-24)30(37)22-33-15-17-40-23-25-12-7-4-8-13-25/h3-8,10-13,19-21,29-30,33-34,37H,2,9,14-18,22-23H2,1H3,(H,35,39)/t29-,30-/m0/s1. The molecule has 3 aromatic rings. The first-order chi connectivity index (χ1) is 19.5. The zero-order valence-electron chi connectivity index (χ0n) is 23.1. The van der Waals surface area contributed by atoms with E-state index < -0.39 is 12.1 Å². The Labute approximate surface area is 236 Å². The van der Waals surface area contributed by atoms with Gasteiger partial charge in [0.25, 0.3) is 5.91 Å². The van der Waals surface area contributed by atoms with Gasteiger partial charge in [-0.3, -0.25) is 9.59 Å². The highest BCUT2D eigenvalue weighted by atomic mass is 16.5. The van der Waals surface area contributed by atoms with Crippen molar-refractivity contribution in [3.63, 3.8) is 0 Å². The molecule has 8 nitrogen and oxygen atoms in total. The van der Waals surface area contributed by atoms with Crippen LogP contribution in [-0.4, -0.2) is 61.9 Å². The zero-order chi connectivity index (χ0) is 28.2. The second-order valence-corrected chi connectivity index (χ2v) is 10.0. The fourth-order valence-electron chi connectivity index (χ4n) is 4.83. The van der Waals surface area contributed by atoms with Gasteiger partial charge in [0.15, 0.2) is 0 Å². The lowest BCUT2D eigenvalue weighted by Gasteiger charge is -2.25. The molecule has 0 radical (unpaired) electrons. The summed E-state index contributed by atoms with van der Waals surface area (Å²) in [6.45, 7) is 5.24. The molecule has 0 unspecified atom stereocenters. The van der Waals surface area contributed by atoms with Crippen molar-refractivity contribution in [1.29, 1.82) is 0 Å². The number of hydrogen-bond donors (Lipinski definition) is 4. The molecular formula is C32H40N4O4. The van der Waals surface area contributed by atoms with E-state index in [1.165, 1.54) is 0 Å². The van der Waals surface area contributed by atoms with Crippen molar-refractivity contribution in [3.05, 3.63) is 95.6 Å². The van der Waals surface area contributed by atoms with Gasteiger partial charge in [-0.05, 0) is 49.1 Å². The van der Waals surface area contributed by atoms with Gasteiger partial charge in [-0.1, -0.05) is 60.7 Å². The Morgan fingerprint density at radius 3 is 2.42 bits per heavy atom. The molecule has 0 spiro atoms. The summed E-state index contributed by atoms with van der Waals surface area (Å²) in [6, 6.07) is 24.7. The molecule has 1 saturated heterocycles. The second-order valence-electron chi connectivity index (χ2n) is 10.0. The average molecular weight is 545 g/mol. The summed E-state index contributed by atoms with van der Waals surface area (Å²) in [4.78, 5) is 27.6. The maximum Gasteiger partial charge on any atom is 0.251 e. The molecule has 1 aliphatic rings. The Morgan fingerprint density at radius 1 is 1.02 bits per heavy atom. The van der Waals surface area contributed by atoms with E-state index in [0.29, 0.717) is 63.5 Å². The molecule has 3 aromatic carbocycles. The van der Waals surface area contributed by atoms with Gasteiger partial charge in [-0.15, -0.1) is 0 Å². The number of nitrogens with one attached hydrogen (secondary N) is 3. The lowest BCUT2D eigenvalue weighted by atomic mass is 10.00. The van der Waals surface area contributed by atoms with E-state index in [9.17, 15) is 14.7 Å². The van der Waals surface area contributed by atoms with E-state index in [0.717, 1.165) is 23.2 Å². The molecule has 0 aromatic heterocycles. The maximum atomic E-state index is 13.5. The summed E-state index contributed by atoms with van der Waals surface area (Å²) >= 11 is 0. The van der Waals surface area contributed by atoms with E-state index in [-0.39, 0.29) is 11.8 Å². The van der Waals surface area contributed by atoms with Crippen molar-refractivity contribution < 1.29 is 19.4 Å².